The highest BCUT2D eigenvalue weighted by Gasteiger charge is 2.51. The molecule has 0 aromatic heterocycles. The Balaban J connectivity index is 1.70. The van der Waals surface area contributed by atoms with Gasteiger partial charge in [0.2, 0.25) is 5.66 Å². The van der Waals surface area contributed by atoms with Crippen molar-refractivity contribution in [3.8, 4) is 0 Å². The number of fused-ring (bicyclic) bond motifs is 8. The molecule has 2 heterocycles. The third-order valence-corrected chi connectivity index (χ3v) is 5.48. The van der Waals surface area contributed by atoms with Crippen molar-refractivity contribution in [2.45, 2.75) is 5.66 Å². The van der Waals surface area contributed by atoms with Gasteiger partial charge in [-0.2, -0.15) is 0 Å². The Morgan fingerprint density at radius 1 is 0.615 bits per heavy atom. The van der Waals surface area contributed by atoms with Gasteiger partial charge in [0.1, 0.15) is 0 Å². The predicted octanol–water partition coefficient (Wildman–Crippen LogP) is 4.64. The quantitative estimate of drug-likeness (QED) is 0.410. The molecule has 0 aliphatic carbocycles. The fourth-order valence-corrected chi connectivity index (χ4v) is 4.31. The minimum absolute atomic E-state index is 0.0805. The molecule has 4 heteroatoms. The molecule has 2 aliphatic heterocycles. The molecule has 6 rings (SSSR count). The first-order valence-electron chi connectivity index (χ1n) is 8.69. The Hall–Kier alpha value is -3.53. The van der Waals surface area contributed by atoms with Crippen LogP contribution in [0.3, 0.4) is 0 Å². The Morgan fingerprint density at radius 2 is 1.12 bits per heavy atom. The number of hydrogen-bond donors (Lipinski definition) is 3. The summed E-state index contributed by atoms with van der Waals surface area (Å²) in [6.07, 6.45) is 0. The molecular formula is C22H15N3O. The van der Waals surface area contributed by atoms with E-state index in [4.69, 9.17) is 0 Å². The van der Waals surface area contributed by atoms with Crippen LogP contribution in [0.25, 0.3) is 21.5 Å². The second kappa shape index (κ2) is 4.55. The number of anilines is 3. The SMILES string of the molecule is O=C1Nc2ccccc2C12Nc1c(c3ccccc3c3ccccc13)N2. The summed E-state index contributed by atoms with van der Waals surface area (Å²) in [5, 5.41) is 14.6. The number of hydrogen-bond acceptors (Lipinski definition) is 3. The molecule has 0 saturated carbocycles. The molecule has 4 aromatic carbocycles. The normalized spacial score (nSPS) is 16.2. The number of carbonyl (C=O) groups excluding carboxylic acids is 1. The number of amides is 1. The number of nitrogens with one attached hydrogen (secondary N) is 3. The van der Waals surface area contributed by atoms with E-state index in [0.29, 0.717) is 0 Å². The summed E-state index contributed by atoms with van der Waals surface area (Å²) in [4.78, 5) is 13.0. The minimum Gasteiger partial charge on any atom is -0.349 e. The third kappa shape index (κ3) is 1.52. The molecule has 0 radical (unpaired) electrons. The molecule has 0 saturated heterocycles. The maximum atomic E-state index is 13.0. The van der Waals surface area contributed by atoms with Gasteiger partial charge in [-0.3, -0.25) is 4.79 Å². The molecule has 26 heavy (non-hydrogen) atoms. The highest BCUT2D eigenvalue weighted by molar-refractivity contribution is 6.24. The number of benzene rings is 4. The zero-order valence-electron chi connectivity index (χ0n) is 13.8. The van der Waals surface area contributed by atoms with E-state index in [-0.39, 0.29) is 5.91 Å². The van der Waals surface area contributed by atoms with Crippen LogP contribution in [0.1, 0.15) is 5.56 Å². The van der Waals surface area contributed by atoms with Crippen molar-refractivity contribution in [3.63, 3.8) is 0 Å². The van der Waals surface area contributed by atoms with Gasteiger partial charge in [-0.25, -0.2) is 0 Å². The van der Waals surface area contributed by atoms with E-state index in [9.17, 15) is 4.79 Å². The van der Waals surface area contributed by atoms with Crippen LogP contribution in [-0.2, 0) is 10.5 Å². The van der Waals surface area contributed by atoms with Gasteiger partial charge in [0.25, 0.3) is 5.91 Å². The summed E-state index contributed by atoms with van der Waals surface area (Å²) < 4.78 is 0. The molecule has 0 atom stereocenters. The van der Waals surface area contributed by atoms with Crippen molar-refractivity contribution < 1.29 is 4.79 Å². The summed E-state index contributed by atoms with van der Waals surface area (Å²) >= 11 is 0. The number of rotatable bonds is 0. The first-order chi connectivity index (χ1) is 12.8. The summed E-state index contributed by atoms with van der Waals surface area (Å²) in [6, 6.07) is 24.5. The molecule has 0 fully saturated rings. The van der Waals surface area contributed by atoms with Crippen molar-refractivity contribution in [3.05, 3.63) is 78.4 Å². The summed E-state index contributed by atoms with van der Waals surface area (Å²) in [7, 11) is 0. The maximum Gasteiger partial charge on any atom is 0.275 e. The second-order valence-corrected chi connectivity index (χ2v) is 6.84. The Labute approximate surface area is 149 Å². The third-order valence-electron chi connectivity index (χ3n) is 5.48. The molecule has 124 valence electrons. The zero-order valence-corrected chi connectivity index (χ0v) is 13.8. The number of para-hydroxylation sites is 1. The smallest absolute Gasteiger partial charge is 0.275 e. The van der Waals surface area contributed by atoms with Crippen LogP contribution in [0.5, 0.6) is 0 Å². The number of carbonyl (C=O) groups is 1. The van der Waals surface area contributed by atoms with Crippen molar-refractivity contribution in [2.75, 3.05) is 16.0 Å². The van der Waals surface area contributed by atoms with Crippen LogP contribution in [0.4, 0.5) is 17.1 Å². The van der Waals surface area contributed by atoms with Crippen molar-refractivity contribution in [2.24, 2.45) is 0 Å². The van der Waals surface area contributed by atoms with Crippen LogP contribution in [0.15, 0.2) is 72.8 Å². The summed E-state index contributed by atoms with van der Waals surface area (Å²) in [5.41, 5.74) is 2.76. The summed E-state index contributed by atoms with van der Waals surface area (Å²) in [5.74, 6) is -0.0805. The molecule has 4 aromatic rings. The first-order valence-corrected chi connectivity index (χ1v) is 8.69. The lowest BCUT2D eigenvalue weighted by Gasteiger charge is -2.23. The molecule has 1 amide bonds. The van der Waals surface area contributed by atoms with Gasteiger partial charge in [-0.1, -0.05) is 66.7 Å². The highest BCUT2D eigenvalue weighted by atomic mass is 16.2. The monoisotopic (exact) mass is 337 g/mol. The van der Waals surface area contributed by atoms with Crippen molar-refractivity contribution >= 4 is 44.5 Å². The maximum absolute atomic E-state index is 13.0. The fraction of sp³-hybridized carbons (Fsp3) is 0.0455. The van der Waals surface area contributed by atoms with Gasteiger partial charge >= 0.3 is 0 Å². The molecular weight excluding hydrogens is 322 g/mol. The van der Waals surface area contributed by atoms with Crippen LogP contribution in [0, 0.1) is 0 Å². The average Bonchev–Trinajstić information content (AvgIpc) is 3.22. The lowest BCUT2D eigenvalue weighted by atomic mass is 9.99. The first kappa shape index (κ1) is 13.7. The lowest BCUT2D eigenvalue weighted by Crippen LogP contribution is -2.45. The predicted molar refractivity (Wildman–Crippen MR) is 105 cm³/mol. The van der Waals surface area contributed by atoms with Crippen LogP contribution in [0.2, 0.25) is 0 Å². The van der Waals surface area contributed by atoms with Crippen LogP contribution < -0.4 is 16.0 Å². The van der Waals surface area contributed by atoms with Gasteiger partial charge in [-0.15, -0.1) is 0 Å². The van der Waals surface area contributed by atoms with Gasteiger partial charge in [0.05, 0.1) is 11.4 Å². The molecule has 2 aliphatic rings. The van der Waals surface area contributed by atoms with E-state index in [0.717, 1.165) is 33.4 Å². The van der Waals surface area contributed by atoms with Crippen molar-refractivity contribution in [1.29, 1.82) is 0 Å². The zero-order chi connectivity index (χ0) is 17.3. The topological polar surface area (TPSA) is 53.2 Å². The van der Waals surface area contributed by atoms with E-state index in [1.807, 2.05) is 36.4 Å². The highest BCUT2D eigenvalue weighted by Crippen LogP contribution is 2.51. The fourth-order valence-electron chi connectivity index (χ4n) is 4.31. The lowest BCUT2D eigenvalue weighted by molar-refractivity contribution is -0.119. The molecule has 0 unspecified atom stereocenters. The van der Waals surface area contributed by atoms with Gasteiger partial charge in [0, 0.05) is 22.0 Å². The second-order valence-electron chi connectivity index (χ2n) is 6.84. The van der Waals surface area contributed by atoms with E-state index in [2.05, 4.69) is 52.3 Å². The van der Waals surface area contributed by atoms with Crippen LogP contribution >= 0.6 is 0 Å². The summed E-state index contributed by atoms with van der Waals surface area (Å²) in [6.45, 7) is 0. The molecule has 3 N–H and O–H groups in total. The van der Waals surface area contributed by atoms with E-state index in [1.165, 1.54) is 10.8 Å². The Bertz CT molecular complexity index is 1180. The molecule has 4 nitrogen and oxygen atoms in total. The van der Waals surface area contributed by atoms with Gasteiger partial charge in [-0.05, 0) is 16.8 Å². The molecule has 0 bridgehead atoms. The minimum atomic E-state index is -0.966. The van der Waals surface area contributed by atoms with Crippen LogP contribution in [-0.4, -0.2) is 5.91 Å². The van der Waals surface area contributed by atoms with E-state index >= 15 is 0 Å². The van der Waals surface area contributed by atoms with Gasteiger partial charge in [0.15, 0.2) is 0 Å². The average molecular weight is 337 g/mol. The largest absolute Gasteiger partial charge is 0.349 e. The van der Waals surface area contributed by atoms with Gasteiger partial charge < -0.3 is 16.0 Å². The van der Waals surface area contributed by atoms with Crippen molar-refractivity contribution in [1.82, 2.24) is 0 Å². The Morgan fingerprint density at radius 3 is 1.73 bits per heavy atom. The molecule has 1 spiro atoms. The van der Waals surface area contributed by atoms with E-state index < -0.39 is 5.66 Å². The Kier molecular flexibility index (Phi) is 2.40. The standard InChI is InChI=1S/C22H15N3O/c26-21-22(17-11-5-6-12-18(17)23-21)24-19-15-9-3-1-7-13(15)14-8-2-4-10-16(14)20(19)25-22/h1-12,24-25H,(H,23,26). The van der Waals surface area contributed by atoms with E-state index in [1.54, 1.807) is 0 Å².